The molecule has 0 heterocycles. The van der Waals surface area contributed by atoms with Gasteiger partial charge in [0.1, 0.15) is 6.04 Å². The molecule has 0 fully saturated rings. The summed E-state index contributed by atoms with van der Waals surface area (Å²) in [7, 11) is 0. The molecule has 0 aromatic heterocycles. The maximum absolute atomic E-state index is 11.2. The van der Waals surface area contributed by atoms with Crippen LogP contribution in [0.25, 0.3) is 0 Å². The van der Waals surface area contributed by atoms with Crippen LogP contribution < -0.4 is 11.1 Å². The number of amides is 1. The van der Waals surface area contributed by atoms with Crippen molar-refractivity contribution in [3.8, 4) is 0 Å². The average molecular weight is 202 g/mol. The number of carbonyl (C=O) groups excluding carboxylic acids is 1. The van der Waals surface area contributed by atoms with Gasteiger partial charge in [-0.15, -0.1) is 0 Å². The lowest BCUT2D eigenvalue weighted by Crippen LogP contribution is -2.44. The van der Waals surface area contributed by atoms with Crippen LogP contribution in [0.3, 0.4) is 0 Å². The molecule has 82 valence electrons. The highest BCUT2D eigenvalue weighted by Crippen LogP contribution is 2.02. The van der Waals surface area contributed by atoms with E-state index in [1.54, 1.807) is 13.8 Å². The van der Waals surface area contributed by atoms with Gasteiger partial charge >= 0.3 is 5.97 Å². The molecule has 0 rings (SSSR count). The van der Waals surface area contributed by atoms with Gasteiger partial charge in [0, 0.05) is 6.42 Å². The molecule has 4 N–H and O–H groups in total. The fraction of sp³-hybridized carbons (Fsp3) is 0.778. The molecule has 0 aromatic carbocycles. The summed E-state index contributed by atoms with van der Waals surface area (Å²) in [4.78, 5) is 21.9. The van der Waals surface area contributed by atoms with Gasteiger partial charge in [0.15, 0.2) is 0 Å². The monoisotopic (exact) mass is 202 g/mol. The van der Waals surface area contributed by atoms with Crippen molar-refractivity contribution in [1.82, 2.24) is 5.32 Å². The molecule has 1 atom stereocenters. The molecular weight excluding hydrogens is 184 g/mol. The van der Waals surface area contributed by atoms with E-state index in [4.69, 9.17) is 10.8 Å². The van der Waals surface area contributed by atoms with Crippen molar-refractivity contribution in [1.29, 1.82) is 0 Å². The molecule has 0 saturated heterocycles. The first-order valence-electron chi connectivity index (χ1n) is 4.71. The summed E-state index contributed by atoms with van der Waals surface area (Å²) in [6, 6.07) is -0.805. The third kappa shape index (κ3) is 4.81. The Labute approximate surface area is 83.7 Å². The molecule has 0 saturated carbocycles. The van der Waals surface area contributed by atoms with Crippen LogP contribution in [-0.2, 0) is 9.59 Å². The number of carbonyl (C=O) groups is 2. The van der Waals surface area contributed by atoms with Gasteiger partial charge in [-0.3, -0.25) is 4.79 Å². The van der Waals surface area contributed by atoms with Crippen molar-refractivity contribution >= 4 is 11.9 Å². The summed E-state index contributed by atoms with van der Waals surface area (Å²) in [5.74, 6) is -1.37. The molecule has 0 aliphatic carbocycles. The SMILES string of the molecule is CC(C)[C@H](NC(=O)CCCN)C(=O)O. The molecule has 0 bridgehead atoms. The third-order valence-corrected chi connectivity index (χ3v) is 1.86. The summed E-state index contributed by atoms with van der Waals surface area (Å²) >= 11 is 0. The molecule has 0 unspecified atom stereocenters. The third-order valence-electron chi connectivity index (χ3n) is 1.86. The zero-order chi connectivity index (χ0) is 11.1. The van der Waals surface area contributed by atoms with Gasteiger partial charge in [-0.2, -0.15) is 0 Å². The van der Waals surface area contributed by atoms with Gasteiger partial charge in [-0.05, 0) is 18.9 Å². The number of carboxylic acids is 1. The van der Waals surface area contributed by atoms with E-state index in [-0.39, 0.29) is 18.2 Å². The van der Waals surface area contributed by atoms with E-state index in [9.17, 15) is 9.59 Å². The normalized spacial score (nSPS) is 12.6. The molecule has 0 spiro atoms. The Kier molecular flexibility index (Phi) is 5.87. The molecule has 5 heteroatoms. The second kappa shape index (κ2) is 6.37. The van der Waals surface area contributed by atoms with Gasteiger partial charge in [0.25, 0.3) is 0 Å². The number of nitrogens with two attached hydrogens (primary N) is 1. The Morgan fingerprint density at radius 2 is 2.00 bits per heavy atom. The minimum atomic E-state index is -0.999. The van der Waals surface area contributed by atoms with Crippen LogP contribution in [0.4, 0.5) is 0 Å². The van der Waals surface area contributed by atoms with Crippen LogP contribution >= 0.6 is 0 Å². The van der Waals surface area contributed by atoms with Crippen LogP contribution in [0.15, 0.2) is 0 Å². The zero-order valence-corrected chi connectivity index (χ0v) is 8.62. The van der Waals surface area contributed by atoms with E-state index >= 15 is 0 Å². The molecule has 14 heavy (non-hydrogen) atoms. The van der Waals surface area contributed by atoms with E-state index in [0.717, 1.165) is 0 Å². The van der Waals surface area contributed by atoms with E-state index in [2.05, 4.69) is 5.32 Å². The number of hydrogen-bond acceptors (Lipinski definition) is 3. The van der Waals surface area contributed by atoms with Gasteiger partial charge < -0.3 is 16.2 Å². The molecule has 5 nitrogen and oxygen atoms in total. The smallest absolute Gasteiger partial charge is 0.326 e. The summed E-state index contributed by atoms with van der Waals surface area (Å²) in [5.41, 5.74) is 5.23. The second-order valence-electron chi connectivity index (χ2n) is 3.52. The van der Waals surface area contributed by atoms with Gasteiger partial charge in [0.05, 0.1) is 0 Å². The molecular formula is C9H18N2O3. The Morgan fingerprint density at radius 3 is 2.36 bits per heavy atom. The van der Waals surface area contributed by atoms with Crippen molar-refractivity contribution < 1.29 is 14.7 Å². The molecule has 1 amide bonds. The van der Waals surface area contributed by atoms with Crippen LogP contribution in [0.2, 0.25) is 0 Å². The Bertz CT molecular complexity index is 204. The second-order valence-corrected chi connectivity index (χ2v) is 3.52. The molecule has 0 aliphatic rings. The molecule has 0 radical (unpaired) electrons. The number of carboxylic acid groups (broad SMARTS) is 1. The quantitative estimate of drug-likeness (QED) is 0.563. The van der Waals surface area contributed by atoms with E-state index < -0.39 is 12.0 Å². The Balaban J connectivity index is 4.04. The lowest BCUT2D eigenvalue weighted by Gasteiger charge is -2.17. The Hall–Kier alpha value is -1.10. The highest BCUT2D eigenvalue weighted by atomic mass is 16.4. The number of hydrogen-bond donors (Lipinski definition) is 3. The first-order valence-corrected chi connectivity index (χ1v) is 4.71. The van der Waals surface area contributed by atoms with Gasteiger partial charge in [0.2, 0.25) is 5.91 Å². The van der Waals surface area contributed by atoms with Crippen LogP contribution in [0.1, 0.15) is 26.7 Å². The minimum Gasteiger partial charge on any atom is -0.480 e. The van der Waals surface area contributed by atoms with E-state index in [0.29, 0.717) is 13.0 Å². The van der Waals surface area contributed by atoms with Gasteiger partial charge in [-0.1, -0.05) is 13.8 Å². The fourth-order valence-electron chi connectivity index (χ4n) is 1.02. The molecule has 0 aromatic rings. The highest BCUT2D eigenvalue weighted by molar-refractivity contribution is 5.83. The number of aliphatic carboxylic acids is 1. The van der Waals surface area contributed by atoms with Crippen LogP contribution in [-0.4, -0.2) is 29.6 Å². The summed E-state index contributed by atoms with van der Waals surface area (Å²) < 4.78 is 0. The summed E-state index contributed by atoms with van der Waals surface area (Å²) in [5, 5.41) is 11.2. The highest BCUT2D eigenvalue weighted by Gasteiger charge is 2.22. The number of rotatable bonds is 6. The maximum atomic E-state index is 11.2. The van der Waals surface area contributed by atoms with Gasteiger partial charge in [-0.25, -0.2) is 4.79 Å². The summed E-state index contributed by atoms with van der Waals surface area (Å²) in [6.07, 6.45) is 0.864. The van der Waals surface area contributed by atoms with E-state index in [1.165, 1.54) is 0 Å². The van der Waals surface area contributed by atoms with Crippen molar-refractivity contribution in [2.45, 2.75) is 32.7 Å². The topological polar surface area (TPSA) is 92.4 Å². The average Bonchev–Trinajstić information content (AvgIpc) is 2.09. The lowest BCUT2D eigenvalue weighted by atomic mass is 10.0. The number of nitrogens with one attached hydrogen (secondary N) is 1. The molecule has 0 aliphatic heterocycles. The van der Waals surface area contributed by atoms with Crippen LogP contribution in [0, 0.1) is 5.92 Å². The van der Waals surface area contributed by atoms with E-state index in [1.807, 2.05) is 0 Å². The van der Waals surface area contributed by atoms with Crippen LogP contribution in [0.5, 0.6) is 0 Å². The fourth-order valence-corrected chi connectivity index (χ4v) is 1.02. The first-order chi connectivity index (χ1) is 6.49. The predicted molar refractivity (Wildman–Crippen MR) is 52.7 cm³/mol. The predicted octanol–water partition coefficient (Wildman–Crippen LogP) is -0.0493. The Morgan fingerprint density at radius 1 is 1.43 bits per heavy atom. The first kappa shape index (κ1) is 12.9. The lowest BCUT2D eigenvalue weighted by molar-refractivity contribution is -0.143. The van der Waals surface area contributed by atoms with Crippen molar-refractivity contribution in [3.63, 3.8) is 0 Å². The standard InChI is InChI=1S/C9H18N2O3/c1-6(2)8(9(13)14)11-7(12)4-3-5-10/h6,8H,3-5,10H2,1-2H3,(H,11,12)(H,13,14)/t8-/m0/s1. The summed E-state index contributed by atoms with van der Waals surface area (Å²) in [6.45, 7) is 3.94. The van der Waals surface area contributed by atoms with Crippen molar-refractivity contribution in [3.05, 3.63) is 0 Å². The maximum Gasteiger partial charge on any atom is 0.326 e. The van der Waals surface area contributed by atoms with Crippen molar-refractivity contribution in [2.75, 3.05) is 6.54 Å². The largest absolute Gasteiger partial charge is 0.480 e. The zero-order valence-electron chi connectivity index (χ0n) is 8.62. The minimum absolute atomic E-state index is 0.116. The van der Waals surface area contributed by atoms with Crippen molar-refractivity contribution in [2.24, 2.45) is 11.7 Å².